The minimum Gasteiger partial charge on any atom is -0.374 e. The molecule has 2 aliphatic rings. The number of likely N-dealkylation sites (tertiary alicyclic amines) is 1. The number of rotatable bonds is 3. The minimum atomic E-state index is 0.225. The summed E-state index contributed by atoms with van der Waals surface area (Å²) in [5.41, 5.74) is 7.54. The molecule has 0 aromatic heterocycles. The normalized spacial score (nSPS) is 25.5. The Labute approximate surface area is 93.5 Å². The monoisotopic (exact) mass is 208 g/mol. The summed E-state index contributed by atoms with van der Waals surface area (Å²) in [7, 11) is 0. The molecule has 1 aliphatic heterocycles. The van der Waals surface area contributed by atoms with Crippen molar-refractivity contribution in [2.75, 3.05) is 13.1 Å². The third-order valence-electron chi connectivity index (χ3n) is 4.05. The first-order chi connectivity index (χ1) is 7.29. The molecule has 1 unspecified atom stereocenters. The third kappa shape index (κ3) is 2.54. The second-order valence-corrected chi connectivity index (χ2v) is 5.11. The van der Waals surface area contributed by atoms with Crippen molar-refractivity contribution >= 4 is 0 Å². The van der Waals surface area contributed by atoms with Crippen molar-refractivity contribution in [1.29, 1.82) is 0 Å². The van der Waals surface area contributed by atoms with Gasteiger partial charge in [0.25, 0.3) is 0 Å². The van der Waals surface area contributed by atoms with Crippen LogP contribution >= 0.6 is 0 Å². The molecule has 2 fully saturated rings. The van der Waals surface area contributed by atoms with Gasteiger partial charge in [-0.25, -0.2) is 0 Å². The highest BCUT2D eigenvalue weighted by Gasteiger charge is 2.26. The summed E-state index contributed by atoms with van der Waals surface area (Å²) in [6, 6.07) is 0.225. The summed E-state index contributed by atoms with van der Waals surface area (Å²) in [5, 5.41) is 0. The van der Waals surface area contributed by atoms with Gasteiger partial charge in [0.05, 0.1) is 0 Å². The zero-order valence-corrected chi connectivity index (χ0v) is 9.75. The lowest BCUT2D eigenvalue weighted by Crippen LogP contribution is -2.39. The third-order valence-corrected chi connectivity index (χ3v) is 4.05. The molecule has 0 aromatic carbocycles. The Morgan fingerprint density at radius 1 is 1.07 bits per heavy atom. The van der Waals surface area contributed by atoms with Gasteiger partial charge in [0.1, 0.15) is 0 Å². The largest absolute Gasteiger partial charge is 0.374 e. The molecular formula is C13H24N2. The first kappa shape index (κ1) is 11.0. The molecule has 0 aromatic rings. The highest BCUT2D eigenvalue weighted by Crippen LogP contribution is 2.29. The Balaban J connectivity index is 1.87. The molecule has 1 atom stereocenters. The Kier molecular flexibility index (Phi) is 3.68. The molecule has 0 amide bonds. The molecule has 1 saturated heterocycles. The van der Waals surface area contributed by atoms with Crippen LogP contribution in [0, 0.1) is 5.92 Å². The van der Waals surface area contributed by atoms with E-state index in [0.717, 1.165) is 0 Å². The van der Waals surface area contributed by atoms with Crippen molar-refractivity contribution in [3.63, 3.8) is 0 Å². The van der Waals surface area contributed by atoms with Crippen LogP contribution in [0.3, 0.4) is 0 Å². The van der Waals surface area contributed by atoms with Gasteiger partial charge in [0.15, 0.2) is 0 Å². The highest BCUT2D eigenvalue weighted by atomic mass is 15.2. The first-order valence-electron chi connectivity index (χ1n) is 6.48. The van der Waals surface area contributed by atoms with Gasteiger partial charge in [0.2, 0.25) is 0 Å². The zero-order chi connectivity index (χ0) is 10.7. The quantitative estimate of drug-likeness (QED) is 0.772. The Bertz CT molecular complexity index is 213. The SMILES string of the molecule is C=C(C(N)C1CCCCC1)N1CCCC1. The van der Waals surface area contributed by atoms with Crippen LogP contribution < -0.4 is 5.73 Å². The smallest absolute Gasteiger partial charge is 0.0469 e. The number of nitrogens with zero attached hydrogens (tertiary/aromatic N) is 1. The minimum absolute atomic E-state index is 0.225. The first-order valence-corrected chi connectivity index (χ1v) is 6.48. The van der Waals surface area contributed by atoms with Crippen molar-refractivity contribution < 1.29 is 0 Å². The van der Waals surface area contributed by atoms with Crippen molar-refractivity contribution in [2.24, 2.45) is 11.7 Å². The molecule has 2 heteroatoms. The Hall–Kier alpha value is -0.500. The van der Waals surface area contributed by atoms with Crippen LogP contribution in [0.1, 0.15) is 44.9 Å². The maximum Gasteiger partial charge on any atom is 0.0469 e. The van der Waals surface area contributed by atoms with Crippen molar-refractivity contribution in [3.8, 4) is 0 Å². The van der Waals surface area contributed by atoms with E-state index >= 15 is 0 Å². The summed E-state index contributed by atoms with van der Waals surface area (Å²) in [6.45, 7) is 6.57. The summed E-state index contributed by atoms with van der Waals surface area (Å²) < 4.78 is 0. The van der Waals surface area contributed by atoms with Crippen LogP contribution in [0.25, 0.3) is 0 Å². The average molecular weight is 208 g/mol. The van der Waals surface area contributed by atoms with Gasteiger partial charge in [-0.05, 0) is 31.6 Å². The zero-order valence-electron chi connectivity index (χ0n) is 9.75. The molecule has 2 nitrogen and oxygen atoms in total. The standard InChI is InChI=1S/C13H24N2/c1-11(15-9-5-6-10-15)13(14)12-7-3-2-4-8-12/h12-13H,1-10,14H2. The summed E-state index contributed by atoms with van der Waals surface area (Å²) in [6.07, 6.45) is 9.39. The summed E-state index contributed by atoms with van der Waals surface area (Å²) in [5.74, 6) is 0.701. The van der Waals surface area contributed by atoms with Crippen molar-refractivity contribution in [1.82, 2.24) is 4.90 Å². The highest BCUT2D eigenvalue weighted by molar-refractivity contribution is 5.07. The fraction of sp³-hybridized carbons (Fsp3) is 0.846. The molecule has 15 heavy (non-hydrogen) atoms. The second kappa shape index (κ2) is 5.02. The van der Waals surface area contributed by atoms with E-state index in [4.69, 9.17) is 5.73 Å². The molecular weight excluding hydrogens is 184 g/mol. The van der Waals surface area contributed by atoms with Crippen LogP contribution in [0.15, 0.2) is 12.3 Å². The topological polar surface area (TPSA) is 29.3 Å². The summed E-state index contributed by atoms with van der Waals surface area (Å²) >= 11 is 0. The van der Waals surface area contributed by atoms with Crippen molar-refractivity contribution in [2.45, 2.75) is 51.0 Å². The van der Waals surface area contributed by atoms with Gasteiger partial charge in [-0.15, -0.1) is 0 Å². The van der Waals surface area contributed by atoms with Gasteiger partial charge < -0.3 is 10.6 Å². The predicted octanol–water partition coefficient (Wildman–Crippen LogP) is 2.50. The Morgan fingerprint density at radius 2 is 1.67 bits per heavy atom. The lowest BCUT2D eigenvalue weighted by Gasteiger charge is -2.33. The van der Waals surface area contributed by atoms with E-state index in [2.05, 4.69) is 11.5 Å². The fourth-order valence-electron chi connectivity index (χ4n) is 2.98. The van der Waals surface area contributed by atoms with E-state index in [1.807, 2.05) is 0 Å². The van der Waals surface area contributed by atoms with Crippen molar-refractivity contribution in [3.05, 3.63) is 12.3 Å². The average Bonchev–Trinajstić information content (AvgIpc) is 2.82. The predicted molar refractivity (Wildman–Crippen MR) is 64.5 cm³/mol. The fourth-order valence-corrected chi connectivity index (χ4v) is 2.98. The molecule has 1 saturated carbocycles. The molecule has 2 N–H and O–H groups in total. The van der Waals surface area contributed by atoms with Gasteiger partial charge in [-0.3, -0.25) is 0 Å². The molecule has 0 radical (unpaired) electrons. The molecule has 86 valence electrons. The van der Waals surface area contributed by atoms with Gasteiger partial charge >= 0.3 is 0 Å². The molecule has 0 bridgehead atoms. The second-order valence-electron chi connectivity index (χ2n) is 5.11. The maximum atomic E-state index is 6.33. The maximum absolute atomic E-state index is 6.33. The van der Waals surface area contributed by atoms with E-state index in [-0.39, 0.29) is 6.04 Å². The van der Waals surface area contributed by atoms with Crippen LogP contribution in [-0.2, 0) is 0 Å². The van der Waals surface area contributed by atoms with Crippen LogP contribution in [0.2, 0.25) is 0 Å². The van der Waals surface area contributed by atoms with E-state index in [9.17, 15) is 0 Å². The molecule has 1 aliphatic carbocycles. The van der Waals surface area contributed by atoms with Crippen LogP contribution in [0.5, 0.6) is 0 Å². The van der Waals surface area contributed by atoms with E-state index in [1.165, 1.54) is 63.7 Å². The van der Waals surface area contributed by atoms with Gasteiger partial charge in [-0.2, -0.15) is 0 Å². The van der Waals surface area contributed by atoms with Gasteiger partial charge in [0, 0.05) is 24.8 Å². The van der Waals surface area contributed by atoms with Crippen LogP contribution in [0.4, 0.5) is 0 Å². The number of nitrogens with two attached hydrogens (primary N) is 1. The molecule has 2 rings (SSSR count). The Morgan fingerprint density at radius 3 is 2.27 bits per heavy atom. The number of hydrogen-bond donors (Lipinski definition) is 1. The van der Waals surface area contributed by atoms with Crippen LogP contribution in [-0.4, -0.2) is 24.0 Å². The summed E-state index contributed by atoms with van der Waals surface area (Å²) in [4.78, 5) is 2.40. The number of hydrogen-bond acceptors (Lipinski definition) is 2. The van der Waals surface area contributed by atoms with E-state index < -0.39 is 0 Å². The molecule has 0 spiro atoms. The van der Waals surface area contributed by atoms with E-state index in [1.54, 1.807) is 0 Å². The van der Waals surface area contributed by atoms with E-state index in [0.29, 0.717) is 5.92 Å². The lowest BCUT2D eigenvalue weighted by molar-refractivity contribution is 0.283. The van der Waals surface area contributed by atoms with Gasteiger partial charge in [-0.1, -0.05) is 25.8 Å². The lowest BCUT2D eigenvalue weighted by atomic mass is 9.83. The molecule has 1 heterocycles.